The Morgan fingerprint density at radius 2 is 0.786 bits per heavy atom. The van der Waals surface area contributed by atoms with Crippen LogP contribution in [0.4, 0.5) is 0 Å². The number of hydrogen-bond acceptors (Lipinski definition) is 3. The lowest BCUT2D eigenvalue weighted by Crippen LogP contribution is -1.96. The van der Waals surface area contributed by atoms with E-state index in [0.29, 0.717) is 5.82 Å². The molecule has 0 N–H and O–H groups in total. The Balaban J connectivity index is 1.32. The number of aromatic nitrogens is 3. The number of pyridine rings is 1. The van der Waals surface area contributed by atoms with Crippen LogP contribution in [0.5, 0.6) is 0 Å². The van der Waals surface area contributed by atoms with Crippen LogP contribution in [0.2, 0.25) is 0 Å². The maximum absolute atomic E-state index is 5.13. The lowest BCUT2D eigenvalue weighted by Gasteiger charge is -2.13. The van der Waals surface area contributed by atoms with Gasteiger partial charge >= 0.3 is 0 Å². The molecule has 0 aliphatic rings. The molecule has 8 rings (SSSR count). The van der Waals surface area contributed by atoms with Crippen LogP contribution >= 0.6 is 0 Å². The highest BCUT2D eigenvalue weighted by Gasteiger charge is 2.14. The van der Waals surface area contributed by atoms with E-state index >= 15 is 0 Å². The van der Waals surface area contributed by atoms with Crippen molar-refractivity contribution in [1.29, 1.82) is 0 Å². The van der Waals surface area contributed by atoms with Crippen LogP contribution < -0.4 is 0 Å². The zero-order valence-electron chi connectivity index (χ0n) is 22.8. The Morgan fingerprint density at radius 1 is 0.310 bits per heavy atom. The molecule has 3 heteroatoms. The van der Waals surface area contributed by atoms with Crippen molar-refractivity contribution in [1.82, 2.24) is 15.0 Å². The van der Waals surface area contributed by atoms with Crippen LogP contribution in [0.3, 0.4) is 0 Å². The van der Waals surface area contributed by atoms with Gasteiger partial charge in [-0.05, 0) is 67.7 Å². The molecule has 3 nitrogen and oxygen atoms in total. The summed E-state index contributed by atoms with van der Waals surface area (Å²) in [5.74, 6) is 0.705. The minimum absolute atomic E-state index is 0.705. The summed E-state index contributed by atoms with van der Waals surface area (Å²) in [7, 11) is 0. The molecule has 0 bridgehead atoms. The number of benzene rings is 6. The van der Waals surface area contributed by atoms with Crippen molar-refractivity contribution in [2.45, 2.75) is 0 Å². The van der Waals surface area contributed by atoms with E-state index in [0.717, 1.165) is 39.2 Å². The van der Waals surface area contributed by atoms with Gasteiger partial charge in [0.05, 0.1) is 11.4 Å². The molecule has 0 saturated heterocycles. The zero-order valence-corrected chi connectivity index (χ0v) is 22.8. The van der Waals surface area contributed by atoms with Crippen molar-refractivity contribution in [3.05, 3.63) is 152 Å². The molecule has 0 aliphatic carbocycles. The van der Waals surface area contributed by atoms with Crippen LogP contribution in [0, 0.1) is 0 Å². The van der Waals surface area contributed by atoms with Crippen molar-refractivity contribution in [2.24, 2.45) is 0 Å². The topological polar surface area (TPSA) is 38.7 Å². The summed E-state index contributed by atoms with van der Waals surface area (Å²) >= 11 is 0. The Hall–Kier alpha value is -5.67. The summed E-state index contributed by atoms with van der Waals surface area (Å²) in [6.45, 7) is 0. The molecule has 42 heavy (non-hydrogen) atoms. The smallest absolute Gasteiger partial charge is 0.160 e. The Morgan fingerprint density at radius 3 is 1.43 bits per heavy atom. The fraction of sp³-hybridized carbons (Fsp3) is 0. The van der Waals surface area contributed by atoms with Gasteiger partial charge in [0.1, 0.15) is 0 Å². The van der Waals surface area contributed by atoms with E-state index in [1.807, 2.05) is 42.7 Å². The second-order valence-electron chi connectivity index (χ2n) is 10.5. The molecule has 0 unspecified atom stereocenters. The second kappa shape index (κ2) is 10.1. The first-order valence-corrected chi connectivity index (χ1v) is 14.1. The molecule has 196 valence electrons. The van der Waals surface area contributed by atoms with Gasteiger partial charge in [-0.1, -0.05) is 115 Å². The van der Waals surface area contributed by atoms with Crippen molar-refractivity contribution in [3.8, 4) is 45.0 Å². The summed E-state index contributed by atoms with van der Waals surface area (Å²) in [6.07, 6.45) is 3.63. The van der Waals surface area contributed by atoms with Crippen LogP contribution in [0.15, 0.2) is 152 Å². The maximum Gasteiger partial charge on any atom is 0.160 e. The quantitative estimate of drug-likeness (QED) is 0.211. The minimum atomic E-state index is 0.705. The molecule has 2 aromatic heterocycles. The molecule has 0 spiro atoms. The fourth-order valence-corrected chi connectivity index (χ4v) is 5.90. The summed E-state index contributed by atoms with van der Waals surface area (Å²) in [4.78, 5) is 14.3. The third-order valence-corrected chi connectivity index (χ3v) is 7.99. The number of rotatable bonds is 4. The third-order valence-electron chi connectivity index (χ3n) is 7.99. The van der Waals surface area contributed by atoms with Gasteiger partial charge < -0.3 is 0 Å². The van der Waals surface area contributed by atoms with Crippen LogP contribution in [-0.2, 0) is 0 Å². The average Bonchev–Trinajstić information content (AvgIpc) is 3.09. The van der Waals surface area contributed by atoms with Crippen molar-refractivity contribution >= 4 is 32.3 Å². The van der Waals surface area contributed by atoms with Crippen LogP contribution in [0.1, 0.15) is 0 Å². The van der Waals surface area contributed by atoms with E-state index in [1.165, 1.54) is 32.3 Å². The SMILES string of the molecule is c1ccc(-c2cc(-c3ccc4c5ccccc5c5ccccc5c4c3)nc(-c3ccc(-c4ccncc4)cc3)n2)cc1. The number of nitrogens with zero attached hydrogens (tertiary/aromatic N) is 3. The van der Waals surface area contributed by atoms with Crippen LogP contribution in [0.25, 0.3) is 77.3 Å². The predicted molar refractivity (Wildman–Crippen MR) is 174 cm³/mol. The van der Waals surface area contributed by atoms with Gasteiger partial charge in [-0.25, -0.2) is 9.97 Å². The first-order chi connectivity index (χ1) is 20.8. The summed E-state index contributed by atoms with van der Waals surface area (Å²) in [5.41, 5.74) is 7.17. The molecule has 0 radical (unpaired) electrons. The van der Waals surface area contributed by atoms with Gasteiger partial charge in [0.15, 0.2) is 5.82 Å². The molecule has 0 saturated carbocycles. The van der Waals surface area contributed by atoms with E-state index < -0.39 is 0 Å². The minimum Gasteiger partial charge on any atom is -0.265 e. The Kier molecular flexibility index (Phi) is 5.79. The summed E-state index contributed by atoms with van der Waals surface area (Å²) < 4.78 is 0. The molecule has 0 aliphatic heterocycles. The molecule has 0 fully saturated rings. The average molecular weight is 536 g/mol. The maximum atomic E-state index is 5.13. The molecule has 2 heterocycles. The van der Waals surface area contributed by atoms with Crippen molar-refractivity contribution < 1.29 is 0 Å². The van der Waals surface area contributed by atoms with Gasteiger partial charge in [0, 0.05) is 29.1 Å². The van der Waals surface area contributed by atoms with Gasteiger partial charge in [-0.15, -0.1) is 0 Å². The molecule has 0 atom stereocenters. The predicted octanol–water partition coefficient (Wildman–Crippen LogP) is 10.00. The molecule has 6 aromatic carbocycles. The number of fused-ring (bicyclic) bond motifs is 6. The van der Waals surface area contributed by atoms with Gasteiger partial charge in [-0.3, -0.25) is 4.98 Å². The Labute approximate surface area is 243 Å². The van der Waals surface area contributed by atoms with E-state index in [-0.39, 0.29) is 0 Å². The monoisotopic (exact) mass is 535 g/mol. The fourth-order valence-electron chi connectivity index (χ4n) is 5.90. The Bertz CT molecular complexity index is 2190. The summed E-state index contributed by atoms with van der Waals surface area (Å²) in [5, 5.41) is 7.53. The standard InChI is InChI=1S/C39H25N3/c1-2-8-28(9-3-1)37-25-38(42-39(41-37)29-16-14-26(15-17-29)27-20-22-40-23-21-27)30-18-19-35-33-12-5-4-10-31(33)32-11-6-7-13-34(32)36(35)24-30/h1-25H. The zero-order chi connectivity index (χ0) is 27.9. The van der Waals surface area contributed by atoms with Gasteiger partial charge in [0.2, 0.25) is 0 Å². The van der Waals surface area contributed by atoms with Crippen molar-refractivity contribution in [3.63, 3.8) is 0 Å². The second-order valence-corrected chi connectivity index (χ2v) is 10.5. The van der Waals surface area contributed by atoms with Crippen molar-refractivity contribution in [2.75, 3.05) is 0 Å². The van der Waals surface area contributed by atoms with E-state index in [4.69, 9.17) is 9.97 Å². The molecular weight excluding hydrogens is 510 g/mol. The molecule has 8 aromatic rings. The normalized spacial score (nSPS) is 11.3. The first kappa shape index (κ1) is 24.2. The largest absolute Gasteiger partial charge is 0.265 e. The summed E-state index contributed by atoms with van der Waals surface area (Å²) in [6, 6.07) is 49.0. The van der Waals surface area contributed by atoms with E-state index in [1.54, 1.807) is 0 Å². The highest BCUT2D eigenvalue weighted by atomic mass is 14.9. The third kappa shape index (κ3) is 4.20. The first-order valence-electron chi connectivity index (χ1n) is 14.1. The number of hydrogen-bond donors (Lipinski definition) is 0. The van der Waals surface area contributed by atoms with E-state index in [2.05, 4.69) is 114 Å². The highest BCUT2D eigenvalue weighted by molar-refractivity contribution is 6.25. The lowest BCUT2D eigenvalue weighted by atomic mass is 9.92. The van der Waals surface area contributed by atoms with Crippen LogP contribution in [-0.4, -0.2) is 15.0 Å². The van der Waals surface area contributed by atoms with Gasteiger partial charge in [-0.2, -0.15) is 0 Å². The lowest BCUT2D eigenvalue weighted by molar-refractivity contribution is 1.18. The molecular formula is C39H25N3. The van der Waals surface area contributed by atoms with E-state index in [9.17, 15) is 0 Å². The van der Waals surface area contributed by atoms with Gasteiger partial charge in [0.25, 0.3) is 0 Å². The molecule has 0 amide bonds. The highest BCUT2D eigenvalue weighted by Crippen LogP contribution is 2.37.